The molecule has 0 aliphatic rings. The van der Waals surface area contributed by atoms with E-state index in [1.54, 1.807) is 24.3 Å². The van der Waals surface area contributed by atoms with Crippen LogP contribution in [0, 0.1) is 11.7 Å². The Balaban J connectivity index is 1.80. The number of anilines is 1. The number of fused-ring (bicyclic) bond motifs is 1. The molecule has 40 heavy (non-hydrogen) atoms. The summed E-state index contributed by atoms with van der Waals surface area (Å²) < 4.78 is 26.6. The molecule has 1 heterocycles. The zero-order valence-corrected chi connectivity index (χ0v) is 23.1. The van der Waals surface area contributed by atoms with Gasteiger partial charge in [-0.3, -0.25) is 14.5 Å². The molecule has 10 heteroatoms. The molecular weight excluding hydrogens is 513 g/mol. The Morgan fingerprint density at radius 1 is 1.05 bits per heavy atom. The maximum absolute atomic E-state index is 14.1. The van der Waals surface area contributed by atoms with E-state index in [0.717, 1.165) is 6.42 Å². The number of aromatic nitrogens is 3. The van der Waals surface area contributed by atoms with Crippen molar-refractivity contribution in [1.29, 1.82) is 0 Å². The summed E-state index contributed by atoms with van der Waals surface area (Å²) in [5, 5.41) is 11.3. The number of hydrogen-bond donors (Lipinski definition) is 1. The first kappa shape index (κ1) is 28.5. The molecular formula is C30H34FN5O4. The van der Waals surface area contributed by atoms with Crippen molar-refractivity contribution >= 4 is 28.5 Å². The van der Waals surface area contributed by atoms with Gasteiger partial charge >= 0.3 is 0 Å². The molecule has 0 bridgehead atoms. The average Bonchev–Trinajstić information content (AvgIpc) is 3.35. The molecule has 0 radical (unpaired) electrons. The largest absolute Gasteiger partial charge is 0.493 e. The molecule has 210 valence electrons. The van der Waals surface area contributed by atoms with Crippen LogP contribution in [0.2, 0.25) is 0 Å². The highest BCUT2D eigenvalue weighted by atomic mass is 19.1. The first-order valence-electron chi connectivity index (χ1n) is 13.3. The van der Waals surface area contributed by atoms with Crippen molar-refractivity contribution in [1.82, 2.24) is 20.3 Å². The predicted octanol–water partition coefficient (Wildman–Crippen LogP) is 4.91. The van der Waals surface area contributed by atoms with Crippen molar-refractivity contribution in [3.8, 4) is 11.5 Å². The highest BCUT2D eigenvalue weighted by Crippen LogP contribution is 2.35. The van der Waals surface area contributed by atoms with E-state index in [2.05, 4.69) is 29.5 Å². The van der Waals surface area contributed by atoms with E-state index in [1.165, 1.54) is 41.0 Å². The van der Waals surface area contributed by atoms with Crippen LogP contribution in [0.25, 0.3) is 11.0 Å². The van der Waals surface area contributed by atoms with Crippen LogP contribution in [0.15, 0.2) is 66.7 Å². The SMILES string of the molecule is CCOc1ccc([C@H](C(=O)NCCC(C)C)N(C(=O)Cn2nnc3ccccc32)c2ccc(F)cc2)cc1OC. The number of nitrogens with zero attached hydrogens (tertiary/aromatic N) is 4. The van der Waals surface area contributed by atoms with Crippen LogP contribution >= 0.6 is 0 Å². The van der Waals surface area contributed by atoms with Crippen molar-refractivity contribution in [3.05, 3.63) is 78.1 Å². The molecule has 0 unspecified atom stereocenters. The van der Waals surface area contributed by atoms with E-state index in [4.69, 9.17) is 9.47 Å². The minimum Gasteiger partial charge on any atom is -0.493 e. The summed E-state index contributed by atoms with van der Waals surface area (Å²) in [4.78, 5) is 29.3. The van der Waals surface area contributed by atoms with E-state index in [9.17, 15) is 14.0 Å². The second-order valence-electron chi connectivity index (χ2n) is 9.70. The number of methoxy groups -OCH3 is 1. The van der Waals surface area contributed by atoms with Gasteiger partial charge in [-0.05, 0) is 73.4 Å². The second kappa shape index (κ2) is 13.1. The first-order chi connectivity index (χ1) is 19.3. The Kier molecular flexibility index (Phi) is 9.31. The van der Waals surface area contributed by atoms with Crippen molar-refractivity contribution in [2.24, 2.45) is 5.92 Å². The number of carbonyl (C=O) groups is 2. The summed E-state index contributed by atoms with van der Waals surface area (Å²) >= 11 is 0. The summed E-state index contributed by atoms with van der Waals surface area (Å²) in [5.74, 6) is 0.0421. The number of carbonyl (C=O) groups excluding carboxylic acids is 2. The molecule has 9 nitrogen and oxygen atoms in total. The van der Waals surface area contributed by atoms with E-state index in [0.29, 0.717) is 52.9 Å². The first-order valence-corrected chi connectivity index (χ1v) is 13.3. The molecule has 1 N–H and O–H groups in total. The number of amides is 2. The number of para-hydroxylation sites is 1. The van der Waals surface area contributed by atoms with Crippen molar-refractivity contribution in [2.45, 2.75) is 39.8 Å². The van der Waals surface area contributed by atoms with Crippen molar-refractivity contribution in [2.75, 3.05) is 25.2 Å². The van der Waals surface area contributed by atoms with E-state index < -0.39 is 17.8 Å². The molecule has 0 saturated carbocycles. The van der Waals surface area contributed by atoms with Gasteiger partial charge in [-0.15, -0.1) is 5.10 Å². The van der Waals surface area contributed by atoms with Gasteiger partial charge in [-0.1, -0.05) is 37.3 Å². The zero-order chi connectivity index (χ0) is 28.6. The predicted molar refractivity (Wildman–Crippen MR) is 151 cm³/mol. The van der Waals surface area contributed by atoms with E-state index in [-0.39, 0.29) is 12.5 Å². The number of nitrogens with one attached hydrogen (secondary N) is 1. The number of rotatable bonds is 12. The number of ether oxygens (including phenoxy) is 2. The highest BCUT2D eigenvalue weighted by Gasteiger charge is 2.34. The summed E-state index contributed by atoms with van der Waals surface area (Å²) in [5.41, 5.74) is 2.18. The third kappa shape index (κ3) is 6.56. The lowest BCUT2D eigenvalue weighted by atomic mass is 10.0. The summed E-state index contributed by atoms with van der Waals surface area (Å²) in [6.07, 6.45) is 0.764. The zero-order valence-electron chi connectivity index (χ0n) is 23.1. The molecule has 4 aromatic rings. The summed E-state index contributed by atoms with van der Waals surface area (Å²) in [6.45, 7) is 6.67. The Morgan fingerprint density at radius 3 is 2.50 bits per heavy atom. The minimum atomic E-state index is -1.09. The van der Waals surface area contributed by atoms with Crippen LogP contribution in [0.4, 0.5) is 10.1 Å². The highest BCUT2D eigenvalue weighted by molar-refractivity contribution is 6.01. The monoisotopic (exact) mass is 547 g/mol. The second-order valence-corrected chi connectivity index (χ2v) is 9.70. The number of hydrogen-bond acceptors (Lipinski definition) is 6. The number of benzene rings is 3. The Morgan fingerprint density at radius 2 is 1.80 bits per heavy atom. The van der Waals surface area contributed by atoms with Crippen molar-refractivity contribution in [3.63, 3.8) is 0 Å². The third-order valence-electron chi connectivity index (χ3n) is 6.41. The van der Waals surface area contributed by atoms with Gasteiger partial charge in [-0.25, -0.2) is 9.07 Å². The molecule has 0 aliphatic heterocycles. The minimum absolute atomic E-state index is 0.193. The van der Waals surface area contributed by atoms with Gasteiger partial charge in [0.25, 0.3) is 0 Å². The normalized spacial score (nSPS) is 11.8. The van der Waals surface area contributed by atoms with Gasteiger partial charge in [0.1, 0.15) is 23.9 Å². The quantitative estimate of drug-likeness (QED) is 0.271. The lowest BCUT2D eigenvalue weighted by Gasteiger charge is -2.32. The topological polar surface area (TPSA) is 98.6 Å². The fourth-order valence-corrected chi connectivity index (χ4v) is 4.40. The fourth-order valence-electron chi connectivity index (χ4n) is 4.40. The summed E-state index contributed by atoms with van der Waals surface area (Å²) in [6, 6.07) is 16.8. The van der Waals surface area contributed by atoms with Gasteiger partial charge in [0.2, 0.25) is 11.8 Å². The van der Waals surface area contributed by atoms with Gasteiger partial charge in [0.05, 0.1) is 19.2 Å². The molecule has 0 saturated heterocycles. The van der Waals surface area contributed by atoms with Gasteiger partial charge < -0.3 is 14.8 Å². The third-order valence-corrected chi connectivity index (χ3v) is 6.41. The number of halogens is 1. The Bertz CT molecular complexity index is 1450. The van der Waals surface area contributed by atoms with Crippen LogP contribution in [0.3, 0.4) is 0 Å². The molecule has 2 amide bonds. The molecule has 3 aromatic carbocycles. The average molecular weight is 548 g/mol. The Hall–Kier alpha value is -4.47. The maximum atomic E-state index is 14.1. The van der Waals surface area contributed by atoms with E-state index >= 15 is 0 Å². The van der Waals surface area contributed by atoms with Crippen LogP contribution in [0.1, 0.15) is 38.8 Å². The standard InChI is InChI=1S/C30H34FN5O4/c1-5-40-26-15-10-21(18-27(26)39-4)29(30(38)32-17-16-20(2)3)36(23-13-11-22(31)12-14-23)28(37)19-35-25-9-7-6-8-24(25)33-34-35/h6-15,18,20,29H,5,16-17,19H2,1-4H3,(H,32,38)/t29-/m1/s1. The van der Waals surface area contributed by atoms with Gasteiger partial charge in [0, 0.05) is 12.2 Å². The van der Waals surface area contributed by atoms with E-state index in [1.807, 2.05) is 25.1 Å². The van der Waals surface area contributed by atoms with Crippen LogP contribution < -0.4 is 19.7 Å². The van der Waals surface area contributed by atoms with Crippen LogP contribution in [0.5, 0.6) is 11.5 Å². The lowest BCUT2D eigenvalue weighted by Crippen LogP contribution is -2.45. The molecule has 4 rings (SSSR count). The van der Waals surface area contributed by atoms with Crippen LogP contribution in [-0.4, -0.2) is 47.1 Å². The lowest BCUT2D eigenvalue weighted by molar-refractivity contribution is -0.127. The molecule has 0 aliphatic carbocycles. The van der Waals surface area contributed by atoms with Crippen molar-refractivity contribution < 1.29 is 23.5 Å². The maximum Gasteiger partial charge on any atom is 0.249 e. The van der Waals surface area contributed by atoms with Gasteiger partial charge in [-0.2, -0.15) is 0 Å². The molecule has 0 spiro atoms. The fraction of sp³-hybridized carbons (Fsp3) is 0.333. The molecule has 1 atom stereocenters. The summed E-state index contributed by atoms with van der Waals surface area (Å²) in [7, 11) is 1.51. The molecule has 1 aromatic heterocycles. The van der Waals surface area contributed by atoms with Crippen LogP contribution in [-0.2, 0) is 16.1 Å². The van der Waals surface area contributed by atoms with Gasteiger partial charge in [0.15, 0.2) is 11.5 Å². The Labute approximate surface area is 232 Å². The smallest absolute Gasteiger partial charge is 0.249 e. The molecule has 0 fully saturated rings.